The summed E-state index contributed by atoms with van der Waals surface area (Å²) in [5, 5.41) is 15.4. The van der Waals surface area contributed by atoms with Gasteiger partial charge in [-0.15, -0.1) is 0 Å². The molecule has 0 saturated carbocycles. The highest BCUT2D eigenvalue weighted by Crippen LogP contribution is 2.27. The Kier molecular flexibility index (Phi) is 6.03. The fourth-order valence-electron chi connectivity index (χ4n) is 2.53. The summed E-state index contributed by atoms with van der Waals surface area (Å²) in [6, 6.07) is 7.78. The van der Waals surface area contributed by atoms with Crippen LogP contribution < -0.4 is 16.4 Å². The van der Waals surface area contributed by atoms with Crippen LogP contribution in [0, 0.1) is 5.41 Å². The summed E-state index contributed by atoms with van der Waals surface area (Å²) in [7, 11) is 0. The van der Waals surface area contributed by atoms with E-state index in [-0.39, 0.29) is 18.1 Å². The van der Waals surface area contributed by atoms with Crippen molar-refractivity contribution in [2.24, 2.45) is 5.41 Å². The largest absolute Gasteiger partial charge is 0.465 e. The molecule has 1 atom stereocenters. The van der Waals surface area contributed by atoms with Crippen molar-refractivity contribution in [1.29, 1.82) is 0 Å². The van der Waals surface area contributed by atoms with Crippen LogP contribution in [0.2, 0.25) is 0 Å². The van der Waals surface area contributed by atoms with E-state index in [4.69, 9.17) is 15.6 Å². The smallest absolute Gasteiger partial charge is 0.404 e. The Balaban J connectivity index is 1.96. The minimum absolute atomic E-state index is 0.176. The second-order valence-electron chi connectivity index (χ2n) is 6.94. The van der Waals surface area contributed by atoms with Crippen LogP contribution in [0.4, 0.5) is 16.2 Å². The van der Waals surface area contributed by atoms with Gasteiger partial charge < -0.3 is 26.2 Å². The second kappa shape index (κ2) is 8.02. The summed E-state index contributed by atoms with van der Waals surface area (Å²) < 4.78 is 5.89. The molecule has 25 heavy (non-hydrogen) atoms. The standard InChI is InChI=1S/C18H26N4O3/c1-18(2,3)15(11-22-17(23)24)25-9-8-20-16-12-6-4-5-7-14(12)21-10-13(16)19/h4-7,10,15,22H,8-9,11,19H2,1-3H3,(H,20,21)(H,23,24). The lowest BCUT2D eigenvalue weighted by Crippen LogP contribution is -2.41. The summed E-state index contributed by atoms with van der Waals surface area (Å²) in [5.41, 5.74) is 8.16. The number of nitrogens with zero attached hydrogens (tertiary/aromatic N) is 1. The minimum atomic E-state index is -1.05. The predicted molar refractivity (Wildman–Crippen MR) is 99.9 cm³/mol. The molecule has 0 aliphatic rings. The first kappa shape index (κ1) is 18.8. The molecule has 0 fully saturated rings. The number of ether oxygens (including phenoxy) is 1. The molecular weight excluding hydrogens is 320 g/mol. The van der Waals surface area contributed by atoms with Gasteiger partial charge in [-0.25, -0.2) is 4.79 Å². The number of nitrogens with one attached hydrogen (secondary N) is 2. The average Bonchev–Trinajstić information content (AvgIpc) is 2.54. The molecule has 1 heterocycles. The van der Waals surface area contributed by atoms with Crippen LogP contribution in [0.1, 0.15) is 20.8 Å². The highest BCUT2D eigenvalue weighted by molar-refractivity contribution is 5.96. The zero-order valence-corrected chi connectivity index (χ0v) is 14.9. The number of carbonyl (C=O) groups is 1. The minimum Gasteiger partial charge on any atom is -0.465 e. The number of hydrogen-bond donors (Lipinski definition) is 4. The monoisotopic (exact) mass is 346 g/mol. The fraction of sp³-hybridized carbons (Fsp3) is 0.444. The third-order valence-corrected chi connectivity index (χ3v) is 3.93. The van der Waals surface area contributed by atoms with Crippen LogP contribution in [0.3, 0.4) is 0 Å². The number of nitrogens with two attached hydrogens (primary N) is 1. The lowest BCUT2D eigenvalue weighted by atomic mass is 9.89. The Morgan fingerprint density at radius 2 is 2.08 bits per heavy atom. The van der Waals surface area contributed by atoms with E-state index in [1.165, 1.54) is 0 Å². The molecule has 0 aliphatic carbocycles. The maximum absolute atomic E-state index is 10.7. The number of benzene rings is 1. The average molecular weight is 346 g/mol. The van der Waals surface area contributed by atoms with Crippen molar-refractivity contribution in [2.45, 2.75) is 26.9 Å². The molecule has 2 aromatic rings. The quantitative estimate of drug-likeness (QED) is 0.574. The Hall–Kier alpha value is -2.54. The maximum Gasteiger partial charge on any atom is 0.404 e. The number of nitrogen functional groups attached to an aromatic ring is 1. The van der Waals surface area contributed by atoms with Crippen molar-refractivity contribution < 1.29 is 14.6 Å². The molecule has 136 valence electrons. The molecule has 7 nitrogen and oxygen atoms in total. The Morgan fingerprint density at radius 3 is 2.76 bits per heavy atom. The van der Waals surface area contributed by atoms with Gasteiger partial charge in [-0.1, -0.05) is 39.0 Å². The lowest BCUT2D eigenvalue weighted by Gasteiger charge is -2.30. The van der Waals surface area contributed by atoms with Crippen LogP contribution >= 0.6 is 0 Å². The van der Waals surface area contributed by atoms with Gasteiger partial charge >= 0.3 is 6.09 Å². The van der Waals surface area contributed by atoms with E-state index in [0.29, 0.717) is 18.8 Å². The van der Waals surface area contributed by atoms with Gasteiger partial charge in [0.2, 0.25) is 0 Å². The van der Waals surface area contributed by atoms with Crippen LogP contribution in [0.15, 0.2) is 30.5 Å². The van der Waals surface area contributed by atoms with Crippen molar-refractivity contribution in [3.05, 3.63) is 30.5 Å². The predicted octanol–water partition coefficient (Wildman–Crippen LogP) is 2.93. The van der Waals surface area contributed by atoms with Crippen molar-refractivity contribution >= 4 is 28.4 Å². The first-order chi connectivity index (χ1) is 11.8. The normalized spacial score (nSPS) is 12.8. The van der Waals surface area contributed by atoms with E-state index in [0.717, 1.165) is 16.6 Å². The Morgan fingerprint density at radius 1 is 1.36 bits per heavy atom. The van der Waals surface area contributed by atoms with Gasteiger partial charge in [0.1, 0.15) is 0 Å². The number of aromatic nitrogens is 1. The molecule has 0 saturated heterocycles. The molecule has 0 aliphatic heterocycles. The highest BCUT2D eigenvalue weighted by Gasteiger charge is 2.25. The molecule has 7 heteroatoms. The maximum atomic E-state index is 10.7. The topological polar surface area (TPSA) is 110 Å². The molecule has 1 amide bonds. The van der Waals surface area contributed by atoms with Gasteiger partial charge in [0.25, 0.3) is 0 Å². The van der Waals surface area contributed by atoms with Crippen LogP contribution in [0.25, 0.3) is 10.9 Å². The lowest BCUT2D eigenvalue weighted by molar-refractivity contribution is -0.0107. The Labute approximate surface area is 147 Å². The third-order valence-electron chi connectivity index (χ3n) is 3.93. The fourth-order valence-corrected chi connectivity index (χ4v) is 2.53. The summed E-state index contributed by atoms with van der Waals surface area (Å²) in [5.74, 6) is 0. The summed E-state index contributed by atoms with van der Waals surface area (Å²) in [6.45, 7) is 7.28. The van der Waals surface area contributed by atoms with E-state index in [1.807, 2.05) is 45.0 Å². The molecule has 1 aromatic carbocycles. The first-order valence-corrected chi connectivity index (χ1v) is 8.24. The molecule has 0 spiro atoms. The molecular formula is C18H26N4O3. The van der Waals surface area contributed by atoms with Crippen LogP contribution in [-0.4, -0.2) is 42.0 Å². The molecule has 0 bridgehead atoms. The number of carboxylic acid groups (broad SMARTS) is 1. The van der Waals surface area contributed by atoms with Crippen molar-refractivity contribution in [2.75, 3.05) is 30.7 Å². The number of anilines is 2. The van der Waals surface area contributed by atoms with Crippen molar-refractivity contribution in [3.8, 4) is 0 Å². The van der Waals surface area contributed by atoms with E-state index in [9.17, 15) is 4.79 Å². The first-order valence-electron chi connectivity index (χ1n) is 8.24. The van der Waals surface area contributed by atoms with Gasteiger partial charge in [0, 0.05) is 18.5 Å². The summed E-state index contributed by atoms with van der Waals surface area (Å²) in [4.78, 5) is 15.0. The Bertz CT molecular complexity index is 728. The number of pyridine rings is 1. The van der Waals surface area contributed by atoms with E-state index in [2.05, 4.69) is 15.6 Å². The summed E-state index contributed by atoms with van der Waals surface area (Å²) in [6.07, 6.45) is 0.365. The van der Waals surface area contributed by atoms with Gasteiger partial charge in [0.05, 0.1) is 35.8 Å². The zero-order valence-electron chi connectivity index (χ0n) is 14.9. The van der Waals surface area contributed by atoms with E-state index >= 15 is 0 Å². The van der Waals surface area contributed by atoms with Crippen molar-refractivity contribution in [3.63, 3.8) is 0 Å². The van der Waals surface area contributed by atoms with Gasteiger partial charge in [-0.3, -0.25) is 4.98 Å². The third kappa shape index (κ3) is 5.22. The van der Waals surface area contributed by atoms with Gasteiger partial charge in [-0.2, -0.15) is 0 Å². The van der Waals surface area contributed by atoms with E-state index < -0.39 is 6.09 Å². The molecule has 0 radical (unpaired) electrons. The number of para-hydroxylation sites is 1. The molecule has 5 N–H and O–H groups in total. The zero-order chi connectivity index (χ0) is 18.4. The van der Waals surface area contributed by atoms with Crippen LogP contribution in [-0.2, 0) is 4.74 Å². The number of hydrogen-bond acceptors (Lipinski definition) is 5. The molecule has 1 unspecified atom stereocenters. The summed E-state index contributed by atoms with van der Waals surface area (Å²) >= 11 is 0. The highest BCUT2D eigenvalue weighted by atomic mass is 16.5. The second-order valence-corrected chi connectivity index (χ2v) is 6.94. The van der Waals surface area contributed by atoms with Crippen LogP contribution in [0.5, 0.6) is 0 Å². The number of amides is 1. The molecule has 2 rings (SSSR count). The van der Waals surface area contributed by atoms with Gasteiger partial charge in [-0.05, 0) is 11.5 Å². The van der Waals surface area contributed by atoms with Crippen molar-refractivity contribution in [1.82, 2.24) is 10.3 Å². The van der Waals surface area contributed by atoms with E-state index in [1.54, 1.807) is 6.20 Å². The molecule has 1 aromatic heterocycles. The SMILES string of the molecule is CC(C)(C)C(CNC(=O)O)OCCNc1c(N)cnc2ccccc12. The number of rotatable bonds is 7. The van der Waals surface area contributed by atoms with Gasteiger partial charge in [0.15, 0.2) is 0 Å². The number of fused-ring (bicyclic) bond motifs is 1.